The van der Waals surface area contributed by atoms with Crippen molar-refractivity contribution in [2.75, 3.05) is 19.7 Å². The standard InChI is InChI=1S/C14H13Cl5N4O3/c1-2-20-3-4-26-14-12(23(24)25)11(13(18)19)22(21-14)10-8(16)5-7(15)6-9(10)17/h5-6,13,20H,2-4H2,1H3. The van der Waals surface area contributed by atoms with E-state index in [1.54, 1.807) is 0 Å². The van der Waals surface area contributed by atoms with Gasteiger partial charge in [0.2, 0.25) is 0 Å². The molecular formula is C14H13Cl5N4O3. The maximum atomic E-state index is 11.6. The van der Waals surface area contributed by atoms with Gasteiger partial charge in [-0.15, -0.1) is 5.10 Å². The van der Waals surface area contributed by atoms with Crippen LogP contribution in [0.4, 0.5) is 5.69 Å². The van der Waals surface area contributed by atoms with Crippen LogP contribution in [-0.2, 0) is 0 Å². The summed E-state index contributed by atoms with van der Waals surface area (Å²) in [5, 5.41) is 19.2. The molecule has 26 heavy (non-hydrogen) atoms. The lowest BCUT2D eigenvalue weighted by atomic mass is 10.3. The van der Waals surface area contributed by atoms with Crippen LogP contribution in [-0.4, -0.2) is 34.4 Å². The van der Waals surface area contributed by atoms with E-state index in [1.807, 2.05) is 6.92 Å². The second-order valence-electron chi connectivity index (χ2n) is 4.93. The second kappa shape index (κ2) is 9.30. The number of benzene rings is 1. The molecule has 0 aliphatic rings. The van der Waals surface area contributed by atoms with Crippen molar-refractivity contribution < 1.29 is 9.66 Å². The molecule has 0 saturated carbocycles. The van der Waals surface area contributed by atoms with Crippen LogP contribution in [0.15, 0.2) is 12.1 Å². The number of hydrogen-bond acceptors (Lipinski definition) is 5. The van der Waals surface area contributed by atoms with E-state index in [9.17, 15) is 10.1 Å². The number of rotatable bonds is 8. The van der Waals surface area contributed by atoms with Gasteiger partial charge in [-0.1, -0.05) is 64.9 Å². The highest BCUT2D eigenvalue weighted by Crippen LogP contribution is 2.43. The smallest absolute Gasteiger partial charge is 0.356 e. The number of hydrogen-bond donors (Lipinski definition) is 1. The van der Waals surface area contributed by atoms with E-state index in [0.29, 0.717) is 11.6 Å². The molecule has 0 saturated heterocycles. The molecule has 1 aromatic heterocycles. The first-order valence-electron chi connectivity index (χ1n) is 7.31. The number of nitro groups is 1. The zero-order valence-corrected chi connectivity index (χ0v) is 17.1. The Balaban J connectivity index is 2.61. The summed E-state index contributed by atoms with van der Waals surface area (Å²) < 4.78 is 6.53. The monoisotopic (exact) mass is 460 g/mol. The summed E-state index contributed by atoms with van der Waals surface area (Å²) in [6.45, 7) is 3.28. The first-order valence-corrected chi connectivity index (χ1v) is 9.32. The molecule has 0 aliphatic carbocycles. The van der Waals surface area contributed by atoms with Crippen LogP contribution in [0.1, 0.15) is 17.5 Å². The summed E-state index contributed by atoms with van der Waals surface area (Å²) >= 11 is 30.2. The maximum absolute atomic E-state index is 11.6. The summed E-state index contributed by atoms with van der Waals surface area (Å²) in [5.41, 5.74) is -0.426. The summed E-state index contributed by atoms with van der Waals surface area (Å²) in [4.78, 5) is 9.61. The normalized spacial score (nSPS) is 11.2. The molecule has 2 aromatic rings. The van der Waals surface area contributed by atoms with Gasteiger partial charge in [0.15, 0.2) is 10.5 Å². The molecule has 12 heteroatoms. The Morgan fingerprint density at radius 1 is 1.31 bits per heavy atom. The van der Waals surface area contributed by atoms with Gasteiger partial charge in [-0.25, -0.2) is 4.68 Å². The van der Waals surface area contributed by atoms with Crippen molar-refractivity contribution in [2.45, 2.75) is 11.8 Å². The van der Waals surface area contributed by atoms with Gasteiger partial charge in [0.05, 0.1) is 15.0 Å². The van der Waals surface area contributed by atoms with Gasteiger partial charge in [-0.05, 0) is 18.7 Å². The van der Waals surface area contributed by atoms with E-state index < -0.39 is 15.4 Å². The first-order chi connectivity index (χ1) is 12.3. The Morgan fingerprint density at radius 2 is 1.92 bits per heavy atom. The van der Waals surface area contributed by atoms with Crippen LogP contribution in [0.5, 0.6) is 5.88 Å². The predicted octanol–water partition coefficient (Wildman–Crippen LogP) is 5.21. The van der Waals surface area contributed by atoms with Crippen LogP contribution in [0.3, 0.4) is 0 Å². The summed E-state index contributed by atoms with van der Waals surface area (Å²) in [6, 6.07) is 2.84. The molecule has 2 rings (SSSR count). The largest absolute Gasteiger partial charge is 0.470 e. The van der Waals surface area contributed by atoms with E-state index in [2.05, 4.69) is 10.4 Å². The minimum absolute atomic E-state index is 0.120. The summed E-state index contributed by atoms with van der Waals surface area (Å²) in [7, 11) is 0. The Kier molecular flexibility index (Phi) is 7.63. The van der Waals surface area contributed by atoms with Crippen LogP contribution in [0.2, 0.25) is 15.1 Å². The number of halogens is 5. The van der Waals surface area contributed by atoms with Gasteiger partial charge in [-0.2, -0.15) is 0 Å². The first kappa shape index (κ1) is 21.3. The Hall–Kier alpha value is -0.960. The highest BCUT2D eigenvalue weighted by atomic mass is 35.5. The van der Waals surface area contributed by atoms with Gasteiger partial charge >= 0.3 is 11.6 Å². The molecule has 142 valence electrons. The topological polar surface area (TPSA) is 82.2 Å². The molecular weight excluding hydrogens is 449 g/mol. The van der Waals surface area contributed by atoms with Gasteiger partial charge in [0.1, 0.15) is 12.3 Å². The van der Waals surface area contributed by atoms with E-state index >= 15 is 0 Å². The zero-order valence-electron chi connectivity index (χ0n) is 13.3. The molecule has 0 atom stereocenters. The van der Waals surface area contributed by atoms with E-state index in [-0.39, 0.29) is 33.9 Å². The predicted molar refractivity (Wildman–Crippen MR) is 104 cm³/mol. The maximum Gasteiger partial charge on any atom is 0.356 e. The van der Waals surface area contributed by atoms with E-state index in [0.717, 1.165) is 11.2 Å². The average Bonchev–Trinajstić information content (AvgIpc) is 2.90. The van der Waals surface area contributed by atoms with Gasteiger partial charge in [0, 0.05) is 11.6 Å². The molecule has 7 nitrogen and oxygen atoms in total. The molecule has 0 amide bonds. The third kappa shape index (κ3) is 4.65. The third-order valence-electron chi connectivity index (χ3n) is 3.21. The second-order valence-corrected chi connectivity index (χ2v) is 7.28. The van der Waals surface area contributed by atoms with Crippen molar-refractivity contribution in [1.82, 2.24) is 15.1 Å². The molecule has 0 unspecified atom stereocenters. The van der Waals surface area contributed by atoms with Crippen molar-refractivity contribution in [2.24, 2.45) is 0 Å². The molecule has 1 aromatic carbocycles. The molecule has 0 fully saturated rings. The minimum atomic E-state index is -1.28. The number of ether oxygens (including phenoxy) is 1. The average molecular weight is 463 g/mol. The Morgan fingerprint density at radius 3 is 2.42 bits per heavy atom. The highest BCUT2D eigenvalue weighted by Gasteiger charge is 2.35. The fraction of sp³-hybridized carbons (Fsp3) is 0.357. The quantitative estimate of drug-likeness (QED) is 0.252. The number of nitrogens with one attached hydrogen (secondary N) is 1. The highest BCUT2D eigenvalue weighted by molar-refractivity contribution is 6.44. The molecule has 0 spiro atoms. The van der Waals surface area contributed by atoms with E-state index in [1.165, 1.54) is 12.1 Å². The van der Waals surface area contributed by atoms with Crippen molar-refractivity contribution in [3.63, 3.8) is 0 Å². The molecule has 1 heterocycles. The lowest BCUT2D eigenvalue weighted by Crippen LogP contribution is -2.20. The van der Waals surface area contributed by atoms with Crippen molar-refractivity contribution in [3.05, 3.63) is 43.0 Å². The van der Waals surface area contributed by atoms with Crippen molar-refractivity contribution in [1.29, 1.82) is 0 Å². The van der Waals surface area contributed by atoms with Crippen molar-refractivity contribution >= 4 is 63.7 Å². The SMILES string of the molecule is CCNCCOc1nn(-c2c(Cl)cc(Cl)cc2Cl)c(C(Cl)Cl)c1[N+](=O)[O-]. The molecule has 0 aliphatic heterocycles. The Bertz CT molecular complexity index is 789. The number of nitrogens with zero attached hydrogens (tertiary/aromatic N) is 3. The molecule has 1 N–H and O–H groups in total. The number of alkyl halides is 2. The van der Waals surface area contributed by atoms with Gasteiger partial charge in [0.25, 0.3) is 0 Å². The number of likely N-dealkylation sites (N-methyl/N-ethyl adjacent to an activating group) is 1. The van der Waals surface area contributed by atoms with Crippen LogP contribution < -0.4 is 10.1 Å². The Labute approximate surface area is 174 Å². The zero-order chi connectivity index (χ0) is 19.4. The third-order valence-corrected chi connectivity index (χ3v) is 4.42. The van der Waals surface area contributed by atoms with Crippen LogP contribution in [0, 0.1) is 10.1 Å². The van der Waals surface area contributed by atoms with Crippen molar-refractivity contribution in [3.8, 4) is 11.6 Å². The summed E-state index contributed by atoms with van der Waals surface area (Å²) in [5.74, 6) is -0.240. The van der Waals surface area contributed by atoms with Gasteiger partial charge < -0.3 is 10.1 Å². The van der Waals surface area contributed by atoms with E-state index in [4.69, 9.17) is 62.7 Å². The molecule has 0 bridgehead atoms. The minimum Gasteiger partial charge on any atom is -0.470 e. The number of aromatic nitrogens is 2. The lowest BCUT2D eigenvalue weighted by molar-refractivity contribution is -0.386. The summed E-state index contributed by atoms with van der Waals surface area (Å²) in [6.07, 6.45) is 0. The van der Waals surface area contributed by atoms with Gasteiger partial charge in [-0.3, -0.25) is 10.1 Å². The molecule has 0 radical (unpaired) electrons. The van der Waals surface area contributed by atoms with Crippen LogP contribution >= 0.6 is 58.0 Å². The fourth-order valence-corrected chi connectivity index (χ4v) is 3.54. The lowest BCUT2D eigenvalue weighted by Gasteiger charge is -2.11. The fourth-order valence-electron chi connectivity index (χ4n) is 2.17. The van der Waals surface area contributed by atoms with Crippen LogP contribution in [0.25, 0.3) is 5.69 Å².